The number of carbonyl (C=O) groups is 2. The highest BCUT2D eigenvalue weighted by atomic mass is 16.4. The first-order valence-electron chi connectivity index (χ1n) is 6.54. The highest BCUT2D eigenvalue weighted by Gasteiger charge is 2.35. The van der Waals surface area contributed by atoms with E-state index in [4.69, 9.17) is 5.11 Å². The number of carboxylic acids is 1. The molecular formula is C15H19NO3. The van der Waals surface area contributed by atoms with Crippen LogP contribution in [0.2, 0.25) is 0 Å². The third-order valence-corrected chi connectivity index (χ3v) is 3.83. The number of hydrogen-bond donors (Lipinski definition) is 2. The van der Waals surface area contributed by atoms with E-state index in [1.807, 2.05) is 32.0 Å². The zero-order valence-electron chi connectivity index (χ0n) is 11.3. The molecule has 0 radical (unpaired) electrons. The SMILES string of the molecule is Cc1cccc(C)c1CC(=O)NC1CC(C(=O)O)C1. The van der Waals surface area contributed by atoms with E-state index < -0.39 is 5.97 Å². The molecular weight excluding hydrogens is 242 g/mol. The molecule has 2 N–H and O–H groups in total. The summed E-state index contributed by atoms with van der Waals surface area (Å²) in [6.07, 6.45) is 1.47. The van der Waals surface area contributed by atoms with Crippen molar-refractivity contribution in [2.75, 3.05) is 0 Å². The van der Waals surface area contributed by atoms with Gasteiger partial charge in [-0.3, -0.25) is 9.59 Å². The maximum absolute atomic E-state index is 11.9. The molecule has 0 atom stereocenters. The second-order valence-corrected chi connectivity index (χ2v) is 5.32. The van der Waals surface area contributed by atoms with Gasteiger partial charge in [-0.1, -0.05) is 18.2 Å². The summed E-state index contributed by atoms with van der Waals surface area (Å²) in [4.78, 5) is 22.6. The summed E-state index contributed by atoms with van der Waals surface area (Å²) in [6, 6.07) is 6.01. The largest absolute Gasteiger partial charge is 0.481 e. The molecule has 1 aromatic rings. The quantitative estimate of drug-likeness (QED) is 0.869. The highest BCUT2D eigenvalue weighted by molar-refractivity contribution is 5.80. The van der Waals surface area contributed by atoms with Crippen molar-refractivity contribution in [2.24, 2.45) is 5.92 Å². The Morgan fingerprint density at radius 2 is 1.84 bits per heavy atom. The summed E-state index contributed by atoms with van der Waals surface area (Å²) in [5, 5.41) is 11.7. The zero-order valence-corrected chi connectivity index (χ0v) is 11.3. The van der Waals surface area contributed by atoms with Crippen LogP contribution in [0.25, 0.3) is 0 Å². The van der Waals surface area contributed by atoms with Gasteiger partial charge in [0.15, 0.2) is 0 Å². The van der Waals surface area contributed by atoms with E-state index in [1.54, 1.807) is 0 Å². The summed E-state index contributed by atoms with van der Waals surface area (Å²) >= 11 is 0. The van der Waals surface area contributed by atoms with Crippen LogP contribution in [0.15, 0.2) is 18.2 Å². The molecule has 0 heterocycles. The van der Waals surface area contributed by atoms with Crippen LogP contribution in [0, 0.1) is 19.8 Å². The van der Waals surface area contributed by atoms with Gasteiger partial charge in [-0.15, -0.1) is 0 Å². The lowest BCUT2D eigenvalue weighted by Gasteiger charge is -2.32. The number of aryl methyl sites for hydroxylation is 2. The van der Waals surface area contributed by atoms with Gasteiger partial charge in [-0.05, 0) is 43.4 Å². The number of carbonyl (C=O) groups excluding carboxylic acids is 1. The summed E-state index contributed by atoms with van der Waals surface area (Å²) in [7, 11) is 0. The molecule has 1 aliphatic carbocycles. The average Bonchev–Trinajstić information content (AvgIpc) is 2.27. The lowest BCUT2D eigenvalue weighted by molar-refractivity contribution is -0.146. The van der Waals surface area contributed by atoms with E-state index in [0.29, 0.717) is 19.3 Å². The Morgan fingerprint density at radius 3 is 2.37 bits per heavy atom. The van der Waals surface area contributed by atoms with Crippen molar-refractivity contribution in [3.05, 3.63) is 34.9 Å². The number of rotatable bonds is 4. The first kappa shape index (κ1) is 13.6. The van der Waals surface area contributed by atoms with Crippen molar-refractivity contribution in [1.29, 1.82) is 0 Å². The minimum Gasteiger partial charge on any atom is -0.481 e. The number of carboxylic acid groups (broad SMARTS) is 1. The zero-order chi connectivity index (χ0) is 14.0. The molecule has 102 valence electrons. The van der Waals surface area contributed by atoms with E-state index in [2.05, 4.69) is 5.32 Å². The summed E-state index contributed by atoms with van der Waals surface area (Å²) in [5.74, 6) is -1.07. The van der Waals surface area contributed by atoms with Crippen LogP contribution in [-0.4, -0.2) is 23.0 Å². The Kier molecular flexibility index (Phi) is 3.88. The lowest BCUT2D eigenvalue weighted by Crippen LogP contribution is -2.47. The van der Waals surface area contributed by atoms with Gasteiger partial charge < -0.3 is 10.4 Å². The van der Waals surface area contributed by atoms with Crippen LogP contribution in [0.1, 0.15) is 29.5 Å². The van der Waals surface area contributed by atoms with Gasteiger partial charge in [0, 0.05) is 6.04 Å². The molecule has 2 rings (SSSR count). The van der Waals surface area contributed by atoms with E-state index in [9.17, 15) is 9.59 Å². The Balaban J connectivity index is 1.87. The normalized spacial score (nSPS) is 21.6. The molecule has 0 saturated heterocycles. The minimum absolute atomic E-state index is 0.0220. The van der Waals surface area contributed by atoms with Crippen LogP contribution >= 0.6 is 0 Å². The number of amides is 1. The summed E-state index contributed by atoms with van der Waals surface area (Å²) in [5.41, 5.74) is 3.30. The van der Waals surface area contributed by atoms with Crippen LogP contribution in [0.3, 0.4) is 0 Å². The van der Waals surface area contributed by atoms with Crippen molar-refractivity contribution < 1.29 is 14.7 Å². The molecule has 19 heavy (non-hydrogen) atoms. The van der Waals surface area contributed by atoms with E-state index in [0.717, 1.165) is 16.7 Å². The second kappa shape index (κ2) is 5.43. The van der Waals surface area contributed by atoms with Crippen molar-refractivity contribution in [1.82, 2.24) is 5.32 Å². The molecule has 1 fully saturated rings. The number of nitrogens with one attached hydrogen (secondary N) is 1. The van der Waals surface area contributed by atoms with Crippen LogP contribution in [0.5, 0.6) is 0 Å². The standard InChI is InChI=1S/C15H19NO3/c1-9-4-3-5-10(2)13(9)8-14(17)16-12-6-11(7-12)15(18)19/h3-5,11-12H,6-8H2,1-2H3,(H,16,17)(H,18,19). The van der Waals surface area contributed by atoms with Crippen molar-refractivity contribution in [2.45, 2.75) is 39.2 Å². The Bertz CT molecular complexity index is 484. The molecule has 1 aliphatic rings. The van der Waals surface area contributed by atoms with Crippen LogP contribution in [0.4, 0.5) is 0 Å². The van der Waals surface area contributed by atoms with E-state index >= 15 is 0 Å². The van der Waals surface area contributed by atoms with Crippen molar-refractivity contribution >= 4 is 11.9 Å². The number of aliphatic carboxylic acids is 1. The monoisotopic (exact) mass is 261 g/mol. The Morgan fingerprint density at radius 1 is 1.26 bits per heavy atom. The molecule has 0 aromatic heterocycles. The van der Waals surface area contributed by atoms with Crippen molar-refractivity contribution in [3.8, 4) is 0 Å². The maximum Gasteiger partial charge on any atom is 0.306 e. The van der Waals surface area contributed by atoms with Gasteiger partial charge in [0.05, 0.1) is 12.3 Å². The van der Waals surface area contributed by atoms with Gasteiger partial charge >= 0.3 is 5.97 Å². The molecule has 1 aromatic carbocycles. The smallest absolute Gasteiger partial charge is 0.306 e. The fourth-order valence-corrected chi connectivity index (χ4v) is 2.50. The molecule has 1 saturated carbocycles. The minimum atomic E-state index is -0.764. The summed E-state index contributed by atoms with van der Waals surface area (Å²) < 4.78 is 0. The van der Waals surface area contributed by atoms with Gasteiger partial charge in [0.1, 0.15) is 0 Å². The predicted octanol–water partition coefficient (Wildman–Crippen LogP) is 1.83. The fraction of sp³-hybridized carbons (Fsp3) is 0.467. The number of benzene rings is 1. The van der Waals surface area contributed by atoms with Gasteiger partial charge in [0.2, 0.25) is 5.91 Å². The molecule has 0 aliphatic heterocycles. The van der Waals surface area contributed by atoms with Gasteiger partial charge in [-0.25, -0.2) is 0 Å². The highest BCUT2D eigenvalue weighted by Crippen LogP contribution is 2.27. The first-order chi connectivity index (χ1) is 8.97. The Hall–Kier alpha value is -1.84. The maximum atomic E-state index is 11.9. The average molecular weight is 261 g/mol. The number of hydrogen-bond acceptors (Lipinski definition) is 2. The summed E-state index contributed by atoms with van der Waals surface area (Å²) in [6.45, 7) is 4.00. The van der Waals surface area contributed by atoms with Crippen LogP contribution in [-0.2, 0) is 16.0 Å². The third kappa shape index (κ3) is 3.13. The molecule has 0 spiro atoms. The molecule has 1 amide bonds. The van der Waals surface area contributed by atoms with Crippen molar-refractivity contribution in [3.63, 3.8) is 0 Å². The molecule has 0 unspecified atom stereocenters. The topological polar surface area (TPSA) is 66.4 Å². The molecule has 4 nitrogen and oxygen atoms in total. The second-order valence-electron chi connectivity index (χ2n) is 5.32. The lowest BCUT2D eigenvalue weighted by atomic mass is 9.80. The predicted molar refractivity (Wildman–Crippen MR) is 71.9 cm³/mol. The van der Waals surface area contributed by atoms with E-state index in [1.165, 1.54) is 0 Å². The first-order valence-corrected chi connectivity index (χ1v) is 6.54. The van der Waals surface area contributed by atoms with Gasteiger partial charge in [-0.2, -0.15) is 0 Å². The van der Waals surface area contributed by atoms with Crippen LogP contribution < -0.4 is 5.32 Å². The molecule has 4 heteroatoms. The third-order valence-electron chi connectivity index (χ3n) is 3.83. The molecule has 0 bridgehead atoms. The van der Waals surface area contributed by atoms with E-state index in [-0.39, 0.29) is 17.9 Å². The van der Waals surface area contributed by atoms with Gasteiger partial charge in [0.25, 0.3) is 0 Å². The Labute approximate surface area is 112 Å². The fourth-order valence-electron chi connectivity index (χ4n) is 2.50.